The molecule has 0 radical (unpaired) electrons. The van der Waals surface area contributed by atoms with Crippen LogP contribution in [0.3, 0.4) is 0 Å². The maximum Gasteiger partial charge on any atom is 0.404 e. The first-order chi connectivity index (χ1) is 14.9. The van der Waals surface area contributed by atoms with Gasteiger partial charge in [0, 0.05) is 37.7 Å². The monoisotopic (exact) mass is 463 g/mol. The zero-order valence-electron chi connectivity index (χ0n) is 16.9. The van der Waals surface area contributed by atoms with Crippen molar-refractivity contribution in [1.29, 1.82) is 0 Å². The standard InChI is InChI=1S/C19H22ClN7O3S/c1-11(10-30-18(21)28)24-17-15-14(4-7-31(15)29)25-19(26-17)27-5-2-12(3-6-27)16-22-8-13(20)9-23-16/h2,8-9,11H,3-7,10H2,1H3,(H2,21,28)(H,24,25,26)/t11-,31-/m0/s1. The van der Waals surface area contributed by atoms with Gasteiger partial charge in [0.2, 0.25) is 5.95 Å². The molecule has 3 N–H and O–H groups in total. The maximum atomic E-state index is 12.5. The third-order valence-electron chi connectivity index (χ3n) is 4.93. The molecule has 12 heteroatoms. The largest absolute Gasteiger partial charge is 0.448 e. The minimum Gasteiger partial charge on any atom is -0.448 e. The normalized spacial score (nSPS) is 18.8. The molecule has 0 spiro atoms. The van der Waals surface area contributed by atoms with Crippen LogP contribution >= 0.6 is 11.6 Å². The summed E-state index contributed by atoms with van der Waals surface area (Å²) in [6, 6.07) is -0.258. The Morgan fingerprint density at radius 1 is 1.35 bits per heavy atom. The highest BCUT2D eigenvalue weighted by atomic mass is 35.5. The van der Waals surface area contributed by atoms with E-state index >= 15 is 0 Å². The molecule has 164 valence electrons. The number of hydrogen-bond donors (Lipinski definition) is 2. The van der Waals surface area contributed by atoms with Gasteiger partial charge < -0.3 is 20.7 Å². The molecule has 0 bridgehead atoms. The highest BCUT2D eigenvalue weighted by molar-refractivity contribution is 7.85. The van der Waals surface area contributed by atoms with Crippen LogP contribution in [0.25, 0.3) is 5.57 Å². The molecule has 31 heavy (non-hydrogen) atoms. The molecular weight excluding hydrogens is 442 g/mol. The van der Waals surface area contributed by atoms with E-state index in [0.717, 1.165) is 17.7 Å². The molecule has 10 nitrogen and oxygen atoms in total. The van der Waals surface area contributed by atoms with Crippen molar-refractivity contribution in [3.63, 3.8) is 0 Å². The van der Waals surface area contributed by atoms with Gasteiger partial charge in [-0.2, -0.15) is 4.98 Å². The predicted octanol–water partition coefficient (Wildman–Crippen LogP) is 1.77. The van der Waals surface area contributed by atoms with Crippen LogP contribution in [0.4, 0.5) is 16.6 Å². The zero-order valence-corrected chi connectivity index (χ0v) is 18.4. The van der Waals surface area contributed by atoms with E-state index < -0.39 is 16.9 Å². The quantitative estimate of drug-likeness (QED) is 0.656. The van der Waals surface area contributed by atoms with Gasteiger partial charge in [-0.15, -0.1) is 0 Å². The molecule has 0 aromatic carbocycles. The Bertz CT molecular complexity index is 1050. The Balaban J connectivity index is 1.54. The lowest BCUT2D eigenvalue weighted by Gasteiger charge is -2.27. The molecule has 4 heterocycles. The van der Waals surface area contributed by atoms with Crippen LogP contribution in [-0.4, -0.2) is 61.7 Å². The number of fused-ring (bicyclic) bond motifs is 1. The number of aryl methyl sites for hydroxylation is 1. The number of amides is 1. The van der Waals surface area contributed by atoms with E-state index in [-0.39, 0.29) is 12.6 Å². The van der Waals surface area contributed by atoms with E-state index in [2.05, 4.69) is 36.2 Å². The summed E-state index contributed by atoms with van der Waals surface area (Å²) in [5.74, 6) is 2.26. The number of hydrogen-bond acceptors (Lipinski definition) is 9. The molecule has 0 unspecified atom stereocenters. The molecule has 0 fully saturated rings. The highest BCUT2D eigenvalue weighted by Gasteiger charge is 2.28. The number of rotatable bonds is 6. The number of carbonyl (C=O) groups is 1. The van der Waals surface area contributed by atoms with Gasteiger partial charge in [-0.3, -0.25) is 4.21 Å². The Morgan fingerprint density at radius 3 is 2.81 bits per heavy atom. The molecule has 0 aliphatic carbocycles. The smallest absolute Gasteiger partial charge is 0.404 e. The maximum absolute atomic E-state index is 12.5. The molecule has 2 aliphatic rings. The molecule has 0 saturated heterocycles. The van der Waals surface area contributed by atoms with Crippen molar-refractivity contribution in [2.45, 2.75) is 30.7 Å². The summed E-state index contributed by atoms with van der Waals surface area (Å²) in [6.07, 6.45) is 5.75. The molecule has 2 aliphatic heterocycles. The third kappa shape index (κ3) is 4.93. The van der Waals surface area contributed by atoms with Crippen molar-refractivity contribution >= 4 is 45.8 Å². The number of nitrogens with one attached hydrogen (secondary N) is 1. The number of nitrogens with zero attached hydrogens (tertiary/aromatic N) is 5. The Hall–Kier alpha value is -2.79. The summed E-state index contributed by atoms with van der Waals surface area (Å²) in [4.78, 5) is 31.4. The van der Waals surface area contributed by atoms with E-state index in [4.69, 9.17) is 22.1 Å². The topological polar surface area (TPSA) is 136 Å². The third-order valence-corrected chi connectivity index (χ3v) is 6.59. The van der Waals surface area contributed by atoms with Crippen molar-refractivity contribution in [2.24, 2.45) is 5.73 Å². The van der Waals surface area contributed by atoms with Crippen molar-refractivity contribution in [3.8, 4) is 0 Å². The fraction of sp³-hybridized carbons (Fsp3) is 0.421. The van der Waals surface area contributed by atoms with Gasteiger partial charge in [0.1, 0.15) is 17.3 Å². The lowest BCUT2D eigenvalue weighted by molar-refractivity contribution is 0.153. The molecule has 4 rings (SSSR count). The van der Waals surface area contributed by atoms with E-state index in [9.17, 15) is 9.00 Å². The number of anilines is 2. The van der Waals surface area contributed by atoms with Crippen LogP contribution in [0.5, 0.6) is 0 Å². The van der Waals surface area contributed by atoms with Crippen LogP contribution in [-0.2, 0) is 22.0 Å². The van der Waals surface area contributed by atoms with E-state index in [1.54, 1.807) is 12.4 Å². The minimum atomic E-state index is -1.16. The van der Waals surface area contributed by atoms with Gasteiger partial charge in [-0.05, 0) is 18.9 Å². The average molecular weight is 464 g/mol. The van der Waals surface area contributed by atoms with Crippen molar-refractivity contribution in [2.75, 3.05) is 35.7 Å². The van der Waals surface area contributed by atoms with Crippen molar-refractivity contribution in [3.05, 3.63) is 35.0 Å². The molecule has 2 aromatic heterocycles. The van der Waals surface area contributed by atoms with E-state index in [1.165, 1.54) is 0 Å². The fourth-order valence-corrected chi connectivity index (χ4v) is 4.85. The van der Waals surface area contributed by atoms with Crippen LogP contribution in [0, 0.1) is 0 Å². The summed E-state index contributed by atoms with van der Waals surface area (Å²) in [7, 11) is -1.16. The Morgan fingerprint density at radius 2 is 2.13 bits per heavy atom. The second kappa shape index (κ2) is 9.15. The summed E-state index contributed by atoms with van der Waals surface area (Å²) in [6.45, 7) is 3.20. The van der Waals surface area contributed by atoms with Crippen LogP contribution in [0.15, 0.2) is 23.4 Å². The van der Waals surface area contributed by atoms with Gasteiger partial charge >= 0.3 is 6.09 Å². The van der Waals surface area contributed by atoms with Gasteiger partial charge in [-0.25, -0.2) is 19.7 Å². The number of nitrogens with two attached hydrogens (primary N) is 1. The van der Waals surface area contributed by atoms with Gasteiger partial charge in [0.15, 0.2) is 5.82 Å². The first-order valence-electron chi connectivity index (χ1n) is 9.80. The molecule has 2 aromatic rings. The summed E-state index contributed by atoms with van der Waals surface area (Å²) >= 11 is 5.87. The second-order valence-corrected chi connectivity index (χ2v) is 9.22. The van der Waals surface area contributed by atoms with Crippen molar-refractivity contribution < 1.29 is 13.7 Å². The molecular formula is C19H22ClN7O3S. The van der Waals surface area contributed by atoms with E-state index in [1.807, 2.05) is 6.92 Å². The van der Waals surface area contributed by atoms with Crippen LogP contribution in [0.2, 0.25) is 5.02 Å². The Kier molecular flexibility index (Phi) is 6.33. The summed E-state index contributed by atoms with van der Waals surface area (Å²) < 4.78 is 17.3. The van der Waals surface area contributed by atoms with Crippen LogP contribution < -0.4 is 16.0 Å². The predicted molar refractivity (Wildman–Crippen MR) is 117 cm³/mol. The lowest BCUT2D eigenvalue weighted by atomic mass is 10.1. The number of aromatic nitrogens is 4. The first kappa shape index (κ1) is 21.4. The summed E-state index contributed by atoms with van der Waals surface area (Å²) in [5.41, 5.74) is 6.87. The summed E-state index contributed by atoms with van der Waals surface area (Å²) in [5, 5.41) is 3.70. The number of ether oxygens (including phenoxy) is 1. The van der Waals surface area contributed by atoms with Crippen molar-refractivity contribution in [1.82, 2.24) is 19.9 Å². The number of primary amides is 1. The highest BCUT2D eigenvalue weighted by Crippen LogP contribution is 2.31. The van der Waals surface area contributed by atoms with Gasteiger partial charge in [0.25, 0.3) is 0 Å². The van der Waals surface area contributed by atoms with E-state index in [0.29, 0.717) is 52.8 Å². The lowest BCUT2D eigenvalue weighted by Crippen LogP contribution is -2.31. The Labute approximate surface area is 186 Å². The average Bonchev–Trinajstić information content (AvgIpc) is 3.14. The fourth-order valence-electron chi connectivity index (χ4n) is 3.44. The minimum absolute atomic E-state index is 0.0764. The molecule has 0 saturated carbocycles. The molecule has 1 amide bonds. The second-order valence-electron chi connectivity index (χ2n) is 7.27. The van der Waals surface area contributed by atoms with Gasteiger partial charge in [0.05, 0.1) is 27.6 Å². The molecule has 2 atom stereocenters. The number of carbonyl (C=O) groups excluding carboxylic acids is 1. The zero-order chi connectivity index (χ0) is 22.0. The number of halogens is 1. The SMILES string of the molecule is C[C@@H](COC(N)=O)Nc1nc(N2CC=C(c3ncc(Cl)cn3)CC2)nc2c1[S@@](=O)CC2. The van der Waals surface area contributed by atoms with Gasteiger partial charge in [-0.1, -0.05) is 17.7 Å². The van der Waals surface area contributed by atoms with Crippen LogP contribution in [0.1, 0.15) is 24.9 Å². The first-order valence-corrected chi connectivity index (χ1v) is 11.5.